The highest BCUT2D eigenvalue weighted by atomic mass is 35.5. The summed E-state index contributed by atoms with van der Waals surface area (Å²) in [4.78, 5) is 13.1. The normalized spacial score (nSPS) is 11.1. The number of thioether (sulfide) groups is 1. The molecule has 2 aromatic carbocycles. The maximum atomic E-state index is 14.4. The van der Waals surface area contributed by atoms with Gasteiger partial charge in [0.2, 0.25) is 0 Å². The van der Waals surface area contributed by atoms with Crippen LogP contribution in [0, 0.1) is 18.7 Å². The predicted molar refractivity (Wildman–Crippen MR) is 122 cm³/mol. The molecule has 0 unspecified atom stereocenters. The predicted octanol–water partition coefficient (Wildman–Crippen LogP) is 5.62. The number of amides is 1. The standard InChI is InChI=1S/C23H30ClFN2OS/c1-5-26-11-10-18-7-9-20(24)22(16(18)4)29-14-17-6-8-19(21(25)12-17)23(28)27-13-15(2)3/h6-9,12,15,26H,5,10-11,13-14H2,1-4H3,(H,27,28). The van der Waals surface area contributed by atoms with Gasteiger partial charge in [-0.3, -0.25) is 4.79 Å². The van der Waals surface area contributed by atoms with Gasteiger partial charge in [0.15, 0.2) is 0 Å². The van der Waals surface area contributed by atoms with E-state index in [-0.39, 0.29) is 11.5 Å². The number of carbonyl (C=O) groups excluding carboxylic acids is 1. The van der Waals surface area contributed by atoms with Gasteiger partial charge in [0.25, 0.3) is 5.91 Å². The second kappa shape index (κ2) is 11.6. The van der Waals surface area contributed by atoms with Gasteiger partial charge in [0.1, 0.15) is 5.82 Å². The van der Waals surface area contributed by atoms with Crippen molar-refractivity contribution < 1.29 is 9.18 Å². The number of hydrogen-bond donors (Lipinski definition) is 2. The van der Waals surface area contributed by atoms with Crippen LogP contribution in [0.1, 0.15) is 47.8 Å². The fraction of sp³-hybridized carbons (Fsp3) is 0.435. The van der Waals surface area contributed by atoms with Crippen molar-refractivity contribution >= 4 is 29.3 Å². The highest BCUT2D eigenvalue weighted by Gasteiger charge is 2.14. The number of likely N-dealkylation sites (N-methyl/N-ethyl adjacent to an activating group) is 1. The minimum Gasteiger partial charge on any atom is -0.352 e. The summed E-state index contributed by atoms with van der Waals surface area (Å²) in [7, 11) is 0. The summed E-state index contributed by atoms with van der Waals surface area (Å²) >= 11 is 8.02. The van der Waals surface area contributed by atoms with Gasteiger partial charge in [0.05, 0.1) is 10.6 Å². The molecule has 0 aliphatic carbocycles. The van der Waals surface area contributed by atoms with Gasteiger partial charge in [-0.15, -0.1) is 11.8 Å². The summed E-state index contributed by atoms with van der Waals surface area (Å²) in [6, 6.07) is 8.81. The number of benzene rings is 2. The third kappa shape index (κ3) is 7.02. The Hall–Kier alpha value is -1.56. The molecule has 0 heterocycles. The van der Waals surface area contributed by atoms with E-state index in [1.807, 2.05) is 19.9 Å². The quantitative estimate of drug-likeness (QED) is 0.375. The van der Waals surface area contributed by atoms with E-state index < -0.39 is 5.82 Å². The minimum atomic E-state index is -0.494. The van der Waals surface area contributed by atoms with E-state index in [9.17, 15) is 9.18 Å². The molecule has 2 rings (SSSR count). The van der Waals surface area contributed by atoms with Crippen LogP contribution in [0.2, 0.25) is 5.02 Å². The molecule has 0 aromatic heterocycles. The van der Waals surface area contributed by atoms with Crippen LogP contribution in [0.3, 0.4) is 0 Å². The smallest absolute Gasteiger partial charge is 0.254 e. The van der Waals surface area contributed by atoms with Gasteiger partial charge in [-0.2, -0.15) is 0 Å². The van der Waals surface area contributed by atoms with Crippen LogP contribution < -0.4 is 10.6 Å². The first-order valence-corrected chi connectivity index (χ1v) is 11.4. The lowest BCUT2D eigenvalue weighted by Crippen LogP contribution is -2.28. The molecule has 3 nitrogen and oxygen atoms in total. The maximum absolute atomic E-state index is 14.4. The second-order valence-electron chi connectivity index (χ2n) is 7.47. The topological polar surface area (TPSA) is 41.1 Å². The van der Waals surface area contributed by atoms with Crippen LogP contribution in [-0.4, -0.2) is 25.5 Å². The highest BCUT2D eigenvalue weighted by molar-refractivity contribution is 7.98. The van der Waals surface area contributed by atoms with Gasteiger partial charge in [-0.25, -0.2) is 4.39 Å². The fourth-order valence-corrected chi connectivity index (χ4v) is 4.34. The van der Waals surface area contributed by atoms with Crippen LogP contribution in [0.15, 0.2) is 35.2 Å². The van der Waals surface area contributed by atoms with Gasteiger partial charge in [0, 0.05) is 17.2 Å². The van der Waals surface area contributed by atoms with Crippen molar-refractivity contribution in [1.82, 2.24) is 10.6 Å². The van der Waals surface area contributed by atoms with E-state index in [1.54, 1.807) is 23.9 Å². The van der Waals surface area contributed by atoms with E-state index in [1.165, 1.54) is 17.2 Å². The molecule has 0 saturated carbocycles. The Morgan fingerprint density at radius 2 is 2.00 bits per heavy atom. The maximum Gasteiger partial charge on any atom is 0.254 e. The van der Waals surface area contributed by atoms with Crippen LogP contribution in [0.5, 0.6) is 0 Å². The van der Waals surface area contributed by atoms with Crippen molar-refractivity contribution in [3.63, 3.8) is 0 Å². The summed E-state index contributed by atoms with van der Waals surface area (Å²) in [5.41, 5.74) is 3.34. The zero-order chi connectivity index (χ0) is 21.4. The monoisotopic (exact) mass is 436 g/mol. The SMILES string of the molecule is CCNCCc1ccc(Cl)c(SCc2ccc(C(=O)NCC(C)C)c(F)c2)c1C. The third-order valence-corrected chi connectivity index (χ3v) is 6.34. The van der Waals surface area contributed by atoms with Gasteiger partial charge < -0.3 is 10.6 Å². The first-order valence-electron chi connectivity index (χ1n) is 10.0. The summed E-state index contributed by atoms with van der Waals surface area (Å²) in [5.74, 6) is 0.0376. The number of rotatable bonds is 10. The van der Waals surface area contributed by atoms with Crippen LogP contribution in [0.25, 0.3) is 0 Å². The molecule has 158 valence electrons. The molecule has 0 aliphatic heterocycles. The lowest BCUT2D eigenvalue weighted by atomic mass is 10.1. The Morgan fingerprint density at radius 3 is 2.66 bits per heavy atom. The van der Waals surface area contributed by atoms with Gasteiger partial charge in [-0.1, -0.05) is 44.5 Å². The minimum absolute atomic E-state index is 0.0824. The zero-order valence-corrected chi connectivity index (χ0v) is 19.1. The molecule has 0 saturated heterocycles. The van der Waals surface area contributed by atoms with Gasteiger partial charge >= 0.3 is 0 Å². The van der Waals surface area contributed by atoms with E-state index >= 15 is 0 Å². The molecule has 2 N–H and O–H groups in total. The first-order chi connectivity index (χ1) is 13.8. The summed E-state index contributed by atoms with van der Waals surface area (Å²) in [6.07, 6.45) is 0.944. The number of halogens is 2. The molecule has 0 fully saturated rings. The molecule has 0 aliphatic rings. The average molecular weight is 437 g/mol. The largest absolute Gasteiger partial charge is 0.352 e. The Labute approximate surface area is 182 Å². The fourth-order valence-electron chi connectivity index (χ4n) is 2.93. The Balaban J connectivity index is 2.07. The van der Waals surface area contributed by atoms with Crippen molar-refractivity contribution in [3.05, 3.63) is 63.4 Å². The third-order valence-electron chi connectivity index (χ3n) is 4.62. The van der Waals surface area contributed by atoms with Crippen molar-refractivity contribution in [3.8, 4) is 0 Å². The van der Waals surface area contributed by atoms with Crippen molar-refractivity contribution in [1.29, 1.82) is 0 Å². The molecule has 0 spiro atoms. The summed E-state index contributed by atoms with van der Waals surface area (Å²) in [6.45, 7) is 10.6. The molecule has 2 aromatic rings. The Bertz CT molecular complexity index is 842. The number of carbonyl (C=O) groups is 1. The number of nitrogens with one attached hydrogen (secondary N) is 2. The molecule has 0 atom stereocenters. The van der Waals surface area contributed by atoms with Crippen LogP contribution in [0.4, 0.5) is 4.39 Å². The lowest BCUT2D eigenvalue weighted by Gasteiger charge is -2.14. The molecule has 1 amide bonds. The lowest BCUT2D eigenvalue weighted by molar-refractivity contribution is 0.0945. The number of hydrogen-bond acceptors (Lipinski definition) is 3. The van der Waals surface area contributed by atoms with Crippen molar-refractivity contribution in [2.24, 2.45) is 5.92 Å². The average Bonchev–Trinajstić information content (AvgIpc) is 2.68. The van der Waals surface area contributed by atoms with Crippen LogP contribution in [-0.2, 0) is 12.2 Å². The molecule has 29 heavy (non-hydrogen) atoms. The van der Waals surface area contributed by atoms with E-state index in [4.69, 9.17) is 11.6 Å². The van der Waals surface area contributed by atoms with Crippen molar-refractivity contribution in [2.75, 3.05) is 19.6 Å². The van der Waals surface area contributed by atoms with Crippen molar-refractivity contribution in [2.45, 2.75) is 44.8 Å². The highest BCUT2D eigenvalue weighted by Crippen LogP contribution is 2.34. The Kier molecular flexibility index (Phi) is 9.47. The zero-order valence-electron chi connectivity index (χ0n) is 17.6. The summed E-state index contributed by atoms with van der Waals surface area (Å²) in [5, 5.41) is 6.80. The molecule has 0 bridgehead atoms. The second-order valence-corrected chi connectivity index (χ2v) is 8.86. The molecular weight excluding hydrogens is 407 g/mol. The van der Waals surface area contributed by atoms with E-state index in [0.717, 1.165) is 30.0 Å². The van der Waals surface area contributed by atoms with E-state index in [0.29, 0.717) is 23.2 Å². The Morgan fingerprint density at radius 1 is 1.24 bits per heavy atom. The van der Waals surface area contributed by atoms with E-state index in [2.05, 4.69) is 30.5 Å². The first kappa shape index (κ1) is 23.7. The molecule has 6 heteroatoms. The molecule has 0 radical (unpaired) electrons. The summed E-state index contributed by atoms with van der Waals surface area (Å²) < 4.78 is 14.4. The molecular formula is C23H30ClFN2OS. The van der Waals surface area contributed by atoms with Crippen LogP contribution >= 0.6 is 23.4 Å². The van der Waals surface area contributed by atoms with Gasteiger partial charge in [-0.05, 0) is 67.2 Å².